The average Bonchev–Trinajstić information content (AvgIpc) is 2.34. The van der Waals surface area contributed by atoms with Crippen LogP contribution in [0.1, 0.15) is 39.5 Å². The summed E-state index contributed by atoms with van der Waals surface area (Å²) in [4.78, 5) is 33.6. The van der Waals surface area contributed by atoms with Gasteiger partial charge in [-0.1, -0.05) is 0 Å². The Morgan fingerprint density at radius 3 is 2.33 bits per heavy atom. The largest absolute Gasteiger partial charge is 0.469 e. The maximum absolute atomic E-state index is 11.5. The topological polar surface area (TPSA) is 84.5 Å². The number of carbonyl (C=O) groups excluding carboxylic acids is 3. The molecule has 18 heavy (non-hydrogen) atoms. The summed E-state index contributed by atoms with van der Waals surface area (Å²) in [6, 6.07) is -0.530. The number of carbonyl (C=O) groups is 3. The van der Waals surface area contributed by atoms with Crippen molar-refractivity contribution in [2.45, 2.75) is 45.6 Å². The molecule has 0 fully saturated rings. The number of hydrogen-bond donors (Lipinski definition) is 2. The van der Waals surface area contributed by atoms with E-state index in [1.165, 1.54) is 7.11 Å². The minimum atomic E-state index is -0.530. The second-order valence-electron chi connectivity index (χ2n) is 3.97. The molecule has 0 saturated carbocycles. The first-order valence-corrected chi connectivity index (χ1v) is 6.15. The molecule has 0 aromatic carbocycles. The Balaban J connectivity index is 3.71. The fourth-order valence-electron chi connectivity index (χ4n) is 1.36. The van der Waals surface area contributed by atoms with E-state index in [0.717, 1.165) is 0 Å². The normalized spacial score (nSPS) is 11.5. The van der Waals surface area contributed by atoms with Crippen molar-refractivity contribution in [2.24, 2.45) is 0 Å². The molecule has 0 aromatic heterocycles. The van der Waals surface area contributed by atoms with Crippen LogP contribution in [0.25, 0.3) is 0 Å². The molecule has 0 aromatic rings. The van der Waals surface area contributed by atoms with Crippen LogP contribution < -0.4 is 10.6 Å². The van der Waals surface area contributed by atoms with Gasteiger partial charge in [0.1, 0.15) is 6.04 Å². The lowest BCUT2D eigenvalue weighted by Gasteiger charge is -2.13. The fourth-order valence-corrected chi connectivity index (χ4v) is 1.36. The van der Waals surface area contributed by atoms with Gasteiger partial charge in [0.2, 0.25) is 11.8 Å². The first kappa shape index (κ1) is 16.4. The fraction of sp³-hybridized carbons (Fsp3) is 0.750. The van der Waals surface area contributed by atoms with E-state index in [2.05, 4.69) is 15.4 Å². The van der Waals surface area contributed by atoms with E-state index in [4.69, 9.17) is 0 Å². The summed E-state index contributed by atoms with van der Waals surface area (Å²) in [5.41, 5.74) is 0. The van der Waals surface area contributed by atoms with Crippen LogP contribution in [0.5, 0.6) is 0 Å². The number of rotatable bonds is 8. The van der Waals surface area contributed by atoms with Crippen molar-refractivity contribution in [3.05, 3.63) is 0 Å². The molecular weight excluding hydrogens is 236 g/mol. The number of unbranched alkanes of at least 4 members (excludes halogenated alkanes) is 1. The molecule has 0 radical (unpaired) electrons. The van der Waals surface area contributed by atoms with Gasteiger partial charge < -0.3 is 15.4 Å². The molecule has 6 nitrogen and oxygen atoms in total. The van der Waals surface area contributed by atoms with E-state index in [1.54, 1.807) is 6.92 Å². The van der Waals surface area contributed by atoms with Crippen molar-refractivity contribution < 1.29 is 19.1 Å². The van der Waals surface area contributed by atoms with E-state index in [1.807, 2.05) is 6.92 Å². The summed E-state index contributed by atoms with van der Waals surface area (Å²) in [7, 11) is 1.34. The molecule has 6 heteroatoms. The van der Waals surface area contributed by atoms with Crippen LogP contribution in [0.3, 0.4) is 0 Å². The molecule has 0 saturated heterocycles. The van der Waals surface area contributed by atoms with Crippen molar-refractivity contribution in [2.75, 3.05) is 13.7 Å². The van der Waals surface area contributed by atoms with E-state index in [-0.39, 0.29) is 17.8 Å². The Labute approximate surface area is 107 Å². The number of ether oxygens (including phenoxy) is 1. The van der Waals surface area contributed by atoms with Crippen molar-refractivity contribution in [1.82, 2.24) is 10.6 Å². The third-order valence-corrected chi connectivity index (χ3v) is 2.38. The maximum Gasteiger partial charge on any atom is 0.305 e. The van der Waals surface area contributed by atoms with Crippen molar-refractivity contribution in [1.29, 1.82) is 0 Å². The second-order valence-corrected chi connectivity index (χ2v) is 3.97. The second kappa shape index (κ2) is 9.44. The summed E-state index contributed by atoms with van der Waals surface area (Å²) in [6.45, 7) is 3.99. The third-order valence-electron chi connectivity index (χ3n) is 2.38. The van der Waals surface area contributed by atoms with Gasteiger partial charge in [0.05, 0.1) is 7.11 Å². The number of methoxy groups -OCH3 is 1. The first-order chi connectivity index (χ1) is 8.51. The third kappa shape index (κ3) is 7.65. The number of nitrogens with one attached hydrogen (secondary N) is 2. The molecule has 0 aliphatic carbocycles. The van der Waals surface area contributed by atoms with Crippen molar-refractivity contribution >= 4 is 17.8 Å². The zero-order valence-corrected chi connectivity index (χ0v) is 11.2. The summed E-state index contributed by atoms with van der Waals surface area (Å²) in [5, 5.41) is 5.23. The Morgan fingerprint density at radius 2 is 1.78 bits per heavy atom. The standard InChI is InChI=1S/C12H22N2O4/c1-4-13-12(17)9(2)14-10(15)7-5-6-8-11(16)18-3/h9H,4-8H2,1-3H3,(H,13,17)(H,14,15). The molecule has 0 spiro atoms. The predicted molar refractivity (Wildman–Crippen MR) is 66.8 cm³/mol. The van der Waals surface area contributed by atoms with Crippen molar-refractivity contribution in [3.8, 4) is 0 Å². The molecule has 2 amide bonds. The molecule has 2 N–H and O–H groups in total. The molecule has 1 unspecified atom stereocenters. The van der Waals surface area contributed by atoms with E-state index in [0.29, 0.717) is 32.2 Å². The first-order valence-electron chi connectivity index (χ1n) is 6.15. The number of likely N-dealkylation sites (N-methyl/N-ethyl adjacent to an activating group) is 1. The van der Waals surface area contributed by atoms with Crippen molar-refractivity contribution in [3.63, 3.8) is 0 Å². The number of hydrogen-bond acceptors (Lipinski definition) is 4. The predicted octanol–water partition coefficient (Wildman–Crippen LogP) is 0.361. The van der Waals surface area contributed by atoms with Gasteiger partial charge in [-0.05, 0) is 26.7 Å². The molecule has 0 aliphatic rings. The Bertz CT molecular complexity index is 292. The monoisotopic (exact) mass is 258 g/mol. The number of esters is 1. The van der Waals surface area contributed by atoms with Gasteiger partial charge in [0, 0.05) is 19.4 Å². The lowest BCUT2D eigenvalue weighted by atomic mass is 10.2. The van der Waals surface area contributed by atoms with E-state index >= 15 is 0 Å². The highest BCUT2D eigenvalue weighted by molar-refractivity contribution is 5.87. The molecule has 0 bridgehead atoms. The highest BCUT2D eigenvalue weighted by Gasteiger charge is 2.14. The zero-order chi connectivity index (χ0) is 14.0. The number of amides is 2. The SMILES string of the molecule is CCNC(=O)C(C)NC(=O)CCCCC(=O)OC. The van der Waals surface area contributed by atoms with Gasteiger partial charge in [-0.15, -0.1) is 0 Å². The molecule has 0 rings (SSSR count). The zero-order valence-electron chi connectivity index (χ0n) is 11.2. The summed E-state index contributed by atoms with van der Waals surface area (Å²) >= 11 is 0. The van der Waals surface area contributed by atoms with Crippen LogP contribution in [-0.4, -0.2) is 37.5 Å². The average molecular weight is 258 g/mol. The quantitative estimate of drug-likeness (QED) is 0.486. The molecule has 1 atom stereocenters. The van der Waals surface area contributed by atoms with E-state index in [9.17, 15) is 14.4 Å². The van der Waals surface area contributed by atoms with Crippen LogP contribution in [0.2, 0.25) is 0 Å². The Morgan fingerprint density at radius 1 is 1.17 bits per heavy atom. The Kier molecular flexibility index (Phi) is 8.61. The maximum atomic E-state index is 11.5. The van der Waals surface area contributed by atoms with Crippen LogP contribution in [0.15, 0.2) is 0 Å². The Hall–Kier alpha value is -1.59. The molecule has 0 aliphatic heterocycles. The molecular formula is C12H22N2O4. The summed E-state index contributed by atoms with van der Waals surface area (Å²) in [6.07, 6.45) is 1.83. The highest BCUT2D eigenvalue weighted by Crippen LogP contribution is 2.01. The summed E-state index contributed by atoms with van der Waals surface area (Å²) in [5.74, 6) is -0.648. The van der Waals surface area contributed by atoms with Crippen LogP contribution >= 0.6 is 0 Å². The minimum Gasteiger partial charge on any atom is -0.469 e. The van der Waals surface area contributed by atoms with Gasteiger partial charge in [-0.3, -0.25) is 14.4 Å². The van der Waals surface area contributed by atoms with Crippen LogP contribution in [-0.2, 0) is 19.1 Å². The van der Waals surface area contributed by atoms with Gasteiger partial charge in [-0.2, -0.15) is 0 Å². The summed E-state index contributed by atoms with van der Waals surface area (Å²) < 4.78 is 4.49. The smallest absolute Gasteiger partial charge is 0.305 e. The van der Waals surface area contributed by atoms with Crippen LogP contribution in [0, 0.1) is 0 Å². The van der Waals surface area contributed by atoms with Gasteiger partial charge in [0.25, 0.3) is 0 Å². The lowest BCUT2D eigenvalue weighted by Crippen LogP contribution is -2.44. The van der Waals surface area contributed by atoms with Crippen LogP contribution in [0.4, 0.5) is 0 Å². The molecule has 0 heterocycles. The van der Waals surface area contributed by atoms with Gasteiger partial charge >= 0.3 is 5.97 Å². The lowest BCUT2D eigenvalue weighted by molar-refractivity contribution is -0.140. The molecule has 104 valence electrons. The van der Waals surface area contributed by atoms with Gasteiger partial charge in [0.15, 0.2) is 0 Å². The van der Waals surface area contributed by atoms with E-state index < -0.39 is 6.04 Å². The van der Waals surface area contributed by atoms with Gasteiger partial charge in [-0.25, -0.2) is 0 Å². The highest BCUT2D eigenvalue weighted by atomic mass is 16.5. The minimum absolute atomic E-state index is 0.182.